The highest BCUT2D eigenvalue weighted by atomic mass is 16.5. The van der Waals surface area contributed by atoms with E-state index in [9.17, 15) is 0 Å². The van der Waals surface area contributed by atoms with Gasteiger partial charge in [-0.25, -0.2) is 0 Å². The summed E-state index contributed by atoms with van der Waals surface area (Å²) in [4.78, 5) is 2.49. The molecule has 0 saturated heterocycles. The van der Waals surface area contributed by atoms with E-state index in [0.29, 0.717) is 6.04 Å². The predicted octanol–water partition coefficient (Wildman–Crippen LogP) is 3.21. The van der Waals surface area contributed by atoms with Crippen LogP contribution >= 0.6 is 0 Å². The lowest BCUT2D eigenvalue weighted by Gasteiger charge is -2.29. The predicted molar refractivity (Wildman–Crippen MR) is 81.1 cm³/mol. The average molecular weight is 262 g/mol. The number of benzene rings is 1. The van der Waals surface area contributed by atoms with Crippen molar-refractivity contribution in [3.63, 3.8) is 0 Å². The topological polar surface area (TPSA) is 24.5 Å². The van der Waals surface area contributed by atoms with Crippen molar-refractivity contribution in [1.29, 1.82) is 0 Å². The Morgan fingerprint density at radius 2 is 2.16 bits per heavy atom. The second-order valence-electron chi connectivity index (χ2n) is 5.39. The fourth-order valence-electron chi connectivity index (χ4n) is 2.58. The largest absolute Gasteiger partial charge is 0.496 e. The van der Waals surface area contributed by atoms with E-state index in [-0.39, 0.29) is 0 Å². The highest BCUT2D eigenvalue weighted by molar-refractivity contribution is 5.61. The maximum absolute atomic E-state index is 5.56. The van der Waals surface area contributed by atoms with Gasteiger partial charge in [-0.2, -0.15) is 0 Å². The van der Waals surface area contributed by atoms with Gasteiger partial charge in [-0.15, -0.1) is 0 Å². The molecule has 1 aromatic rings. The third kappa shape index (κ3) is 3.21. The van der Waals surface area contributed by atoms with Crippen molar-refractivity contribution >= 4 is 5.69 Å². The highest BCUT2D eigenvalue weighted by Gasteiger charge is 2.26. The van der Waals surface area contributed by atoms with Crippen molar-refractivity contribution in [2.75, 3.05) is 32.1 Å². The van der Waals surface area contributed by atoms with Crippen molar-refractivity contribution in [3.8, 4) is 5.75 Å². The second-order valence-corrected chi connectivity index (χ2v) is 5.39. The van der Waals surface area contributed by atoms with E-state index in [1.807, 2.05) is 7.05 Å². The van der Waals surface area contributed by atoms with Crippen molar-refractivity contribution in [2.24, 2.45) is 5.92 Å². The summed E-state index contributed by atoms with van der Waals surface area (Å²) in [6, 6.07) is 6.66. The van der Waals surface area contributed by atoms with Crippen molar-refractivity contribution in [3.05, 3.63) is 23.8 Å². The zero-order valence-electron chi connectivity index (χ0n) is 12.6. The summed E-state index contributed by atoms with van der Waals surface area (Å²) in [5.74, 6) is 1.87. The summed E-state index contributed by atoms with van der Waals surface area (Å²) in [7, 11) is 3.75. The molecule has 2 rings (SSSR count). The van der Waals surface area contributed by atoms with Crippen LogP contribution in [0.4, 0.5) is 5.69 Å². The molecule has 0 aromatic heterocycles. The molecule has 0 amide bonds. The Balaban J connectivity index is 2.35. The molecule has 19 heavy (non-hydrogen) atoms. The van der Waals surface area contributed by atoms with E-state index in [1.165, 1.54) is 30.6 Å². The maximum Gasteiger partial charge on any atom is 0.125 e. The molecule has 1 unspecified atom stereocenters. The standard InChI is InChI=1S/C16H26N2O/c1-5-18(11-13-9-10-13)14-7-6-8-15(19-4)16(14)12(2)17-3/h6-8,12-13,17H,5,9-11H2,1-4H3. The first kappa shape index (κ1) is 14.2. The lowest BCUT2D eigenvalue weighted by atomic mass is 10.0. The van der Waals surface area contributed by atoms with Crippen LogP contribution in [0, 0.1) is 5.92 Å². The number of methoxy groups -OCH3 is 1. The maximum atomic E-state index is 5.56. The SMILES string of the molecule is CCN(CC1CC1)c1cccc(OC)c1C(C)NC. The summed E-state index contributed by atoms with van der Waals surface area (Å²) in [5.41, 5.74) is 2.59. The van der Waals surface area contributed by atoms with Gasteiger partial charge in [0, 0.05) is 30.4 Å². The summed E-state index contributed by atoms with van der Waals surface area (Å²) in [5, 5.41) is 3.34. The molecule has 0 bridgehead atoms. The Morgan fingerprint density at radius 1 is 1.42 bits per heavy atom. The smallest absolute Gasteiger partial charge is 0.125 e. The molecule has 3 nitrogen and oxygen atoms in total. The van der Waals surface area contributed by atoms with Crippen LogP contribution in [0.25, 0.3) is 0 Å². The first-order valence-corrected chi connectivity index (χ1v) is 7.30. The van der Waals surface area contributed by atoms with Gasteiger partial charge in [-0.1, -0.05) is 6.07 Å². The third-order valence-electron chi connectivity index (χ3n) is 4.03. The minimum Gasteiger partial charge on any atom is -0.496 e. The molecule has 0 radical (unpaired) electrons. The van der Waals surface area contributed by atoms with E-state index in [1.54, 1.807) is 7.11 Å². The van der Waals surface area contributed by atoms with Crippen LogP contribution in [0.15, 0.2) is 18.2 Å². The molecule has 3 heteroatoms. The summed E-state index contributed by atoms with van der Waals surface area (Å²) in [6.45, 7) is 6.64. The Morgan fingerprint density at radius 3 is 2.68 bits per heavy atom. The first-order chi connectivity index (χ1) is 9.21. The van der Waals surface area contributed by atoms with Crippen LogP contribution in [-0.4, -0.2) is 27.2 Å². The first-order valence-electron chi connectivity index (χ1n) is 7.30. The number of hydrogen-bond acceptors (Lipinski definition) is 3. The van der Waals surface area contributed by atoms with E-state index in [2.05, 4.69) is 42.3 Å². The second kappa shape index (κ2) is 6.29. The van der Waals surface area contributed by atoms with Gasteiger partial charge in [0.2, 0.25) is 0 Å². The molecule has 1 aliphatic rings. The zero-order valence-corrected chi connectivity index (χ0v) is 12.6. The Kier molecular flexibility index (Phi) is 4.70. The molecular formula is C16H26N2O. The molecular weight excluding hydrogens is 236 g/mol. The van der Waals surface area contributed by atoms with Crippen LogP contribution in [0.2, 0.25) is 0 Å². The molecule has 1 aromatic carbocycles. The van der Waals surface area contributed by atoms with Crippen LogP contribution in [-0.2, 0) is 0 Å². The molecule has 0 spiro atoms. The van der Waals surface area contributed by atoms with Gasteiger partial charge >= 0.3 is 0 Å². The third-order valence-corrected chi connectivity index (χ3v) is 4.03. The van der Waals surface area contributed by atoms with Crippen molar-refractivity contribution < 1.29 is 4.74 Å². The average Bonchev–Trinajstić information content (AvgIpc) is 3.27. The van der Waals surface area contributed by atoms with Crippen molar-refractivity contribution in [2.45, 2.75) is 32.7 Å². The van der Waals surface area contributed by atoms with Gasteiger partial charge in [0.15, 0.2) is 0 Å². The molecule has 106 valence electrons. The Bertz CT molecular complexity index is 415. The van der Waals surface area contributed by atoms with Crippen LogP contribution in [0.5, 0.6) is 5.75 Å². The monoisotopic (exact) mass is 262 g/mol. The van der Waals surface area contributed by atoms with Crippen molar-refractivity contribution in [1.82, 2.24) is 5.32 Å². The molecule has 1 fully saturated rings. The Labute approximate surface area is 116 Å². The van der Waals surface area contributed by atoms with E-state index in [4.69, 9.17) is 4.74 Å². The van der Waals surface area contributed by atoms with Gasteiger partial charge in [0.1, 0.15) is 5.75 Å². The lowest BCUT2D eigenvalue weighted by Crippen LogP contribution is -2.28. The van der Waals surface area contributed by atoms with E-state index < -0.39 is 0 Å². The van der Waals surface area contributed by atoms with Gasteiger partial charge in [0.25, 0.3) is 0 Å². The summed E-state index contributed by atoms with van der Waals surface area (Å²) in [6.07, 6.45) is 2.77. The minimum atomic E-state index is 0.291. The van der Waals surface area contributed by atoms with Gasteiger partial charge in [-0.05, 0) is 51.8 Å². The quantitative estimate of drug-likeness (QED) is 0.816. The molecule has 1 aliphatic carbocycles. The summed E-state index contributed by atoms with van der Waals surface area (Å²) < 4.78 is 5.56. The number of hydrogen-bond donors (Lipinski definition) is 1. The number of ether oxygens (including phenoxy) is 1. The molecule has 1 saturated carbocycles. The fourth-order valence-corrected chi connectivity index (χ4v) is 2.58. The van der Waals surface area contributed by atoms with Gasteiger partial charge < -0.3 is 15.0 Å². The number of nitrogens with zero attached hydrogens (tertiary/aromatic N) is 1. The Hall–Kier alpha value is -1.22. The number of nitrogens with one attached hydrogen (secondary N) is 1. The minimum absolute atomic E-state index is 0.291. The lowest BCUT2D eigenvalue weighted by molar-refractivity contribution is 0.403. The molecule has 1 atom stereocenters. The number of anilines is 1. The fraction of sp³-hybridized carbons (Fsp3) is 0.625. The van der Waals surface area contributed by atoms with Crippen LogP contribution < -0.4 is 15.0 Å². The summed E-state index contributed by atoms with van der Waals surface area (Å²) >= 11 is 0. The van der Waals surface area contributed by atoms with Crippen LogP contribution in [0.3, 0.4) is 0 Å². The van der Waals surface area contributed by atoms with Gasteiger partial charge in [0.05, 0.1) is 7.11 Å². The molecule has 0 heterocycles. The van der Waals surface area contributed by atoms with E-state index >= 15 is 0 Å². The molecule has 1 N–H and O–H groups in total. The van der Waals surface area contributed by atoms with E-state index in [0.717, 1.165) is 18.2 Å². The van der Waals surface area contributed by atoms with Gasteiger partial charge in [-0.3, -0.25) is 0 Å². The normalized spacial score (nSPS) is 16.2. The van der Waals surface area contributed by atoms with Crippen LogP contribution in [0.1, 0.15) is 38.3 Å². The number of rotatable bonds is 7. The highest BCUT2D eigenvalue weighted by Crippen LogP contribution is 2.37. The molecule has 0 aliphatic heterocycles. The zero-order chi connectivity index (χ0) is 13.8.